The number of cyclic esters (lactones) is 2. The van der Waals surface area contributed by atoms with E-state index in [1.54, 1.807) is 12.1 Å². The van der Waals surface area contributed by atoms with Crippen LogP contribution in [0.4, 0.5) is 4.79 Å². The van der Waals surface area contributed by atoms with Crippen LogP contribution in [0.15, 0.2) is 54.6 Å². The van der Waals surface area contributed by atoms with E-state index in [4.69, 9.17) is 21.1 Å². The first-order valence-corrected chi connectivity index (χ1v) is 6.29. The van der Waals surface area contributed by atoms with Gasteiger partial charge in [-0.15, -0.1) is 0 Å². The fourth-order valence-corrected chi connectivity index (χ4v) is 2.37. The Bertz CT molecular complexity index is 597. The van der Waals surface area contributed by atoms with Crippen LogP contribution in [0.25, 0.3) is 0 Å². The molecule has 19 heavy (non-hydrogen) atoms. The summed E-state index contributed by atoms with van der Waals surface area (Å²) in [6.45, 7) is 0. The number of hydrogen-bond donors (Lipinski definition) is 0. The van der Waals surface area contributed by atoms with Gasteiger partial charge in [-0.2, -0.15) is 0 Å². The van der Waals surface area contributed by atoms with Gasteiger partial charge in [-0.1, -0.05) is 54.1 Å². The predicted molar refractivity (Wildman–Crippen MR) is 70.9 cm³/mol. The number of hydrogen-bond acceptors (Lipinski definition) is 3. The van der Waals surface area contributed by atoms with E-state index in [9.17, 15) is 4.79 Å². The van der Waals surface area contributed by atoms with Gasteiger partial charge in [0, 0.05) is 5.02 Å². The van der Waals surface area contributed by atoms with Crippen LogP contribution in [0.2, 0.25) is 5.02 Å². The zero-order valence-corrected chi connectivity index (χ0v) is 10.7. The molecule has 1 aliphatic rings. The minimum Gasteiger partial charge on any atom is -0.422 e. The van der Waals surface area contributed by atoms with Crippen LogP contribution in [-0.4, -0.2) is 6.16 Å². The third kappa shape index (κ3) is 2.42. The van der Waals surface area contributed by atoms with Crippen LogP contribution in [0.5, 0.6) is 0 Å². The summed E-state index contributed by atoms with van der Waals surface area (Å²) in [4.78, 5) is 11.4. The van der Waals surface area contributed by atoms with E-state index in [1.165, 1.54) is 0 Å². The molecule has 1 aliphatic heterocycles. The SMILES string of the molecule is O=C1O[C@H](c2ccccc2)[C@@H](c2cccc(Cl)c2)O1. The Hall–Kier alpha value is -2.00. The minimum absolute atomic E-state index is 0.438. The largest absolute Gasteiger partial charge is 0.509 e. The van der Waals surface area contributed by atoms with Crippen LogP contribution in [-0.2, 0) is 9.47 Å². The van der Waals surface area contributed by atoms with Crippen LogP contribution in [0, 0.1) is 0 Å². The monoisotopic (exact) mass is 274 g/mol. The van der Waals surface area contributed by atoms with E-state index >= 15 is 0 Å². The lowest BCUT2D eigenvalue weighted by Gasteiger charge is -2.16. The fourth-order valence-electron chi connectivity index (χ4n) is 2.17. The van der Waals surface area contributed by atoms with Crippen LogP contribution in [0.3, 0.4) is 0 Å². The zero-order valence-electron chi connectivity index (χ0n) is 9.95. The van der Waals surface area contributed by atoms with Crippen molar-refractivity contribution in [2.45, 2.75) is 12.2 Å². The molecule has 3 nitrogen and oxygen atoms in total. The maximum absolute atomic E-state index is 11.4. The molecule has 0 N–H and O–H groups in total. The van der Waals surface area contributed by atoms with E-state index in [2.05, 4.69) is 0 Å². The van der Waals surface area contributed by atoms with Gasteiger partial charge >= 0.3 is 6.16 Å². The minimum atomic E-state index is -0.654. The lowest BCUT2D eigenvalue weighted by Crippen LogP contribution is -2.07. The molecule has 1 fully saturated rings. The van der Waals surface area contributed by atoms with Crippen molar-refractivity contribution in [2.75, 3.05) is 0 Å². The van der Waals surface area contributed by atoms with Crippen molar-refractivity contribution >= 4 is 17.8 Å². The summed E-state index contributed by atoms with van der Waals surface area (Å²) < 4.78 is 10.5. The average Bonchev–Trinajstić information content (AvgIpc) is 2.82. The highest BCUT2D eigenvalue weighted by Crippen LogP contribution is 2.41. The Labute approximate surface area is 115 Å². The van der Waals surface area contributed by atoms with E-state index in [0.29, 0.717) is 5.02 Å². The van der Waals surface area contributed by atoms with Crippen molar-refractivity contribution < 1.29 is 14.3 Å². The van der Waals surface area contributed by atoms with Gasteiger partial charge in [-0.05, 0) is 23.3 Å². The number of rotatable bonds is 2. The summed E-state index contributed by atoms with van der Waals surface area (Å²) in [5.41, 5.74) is 1.73. The number of ether oxygens (including phenoxy) is 2. The van der Waals surface area contributed by atoms with Crippen molar-refractivity contribution in [1.82, 2.24) is 0 Å². The molecular formula is C15H11ClO3. The Balaban J connectivity index is 1.97. The quantitative estimate of drug-likeness (QED) is 0.767. The molecular weight excluding hydrogens is 264 g/mol. The maximum Gasteiger partial charge on any atom is 0.509 e. The molecule has 1 heterocycles. The highest BCUT2D eigenvalue weighted by Gasteiger charge is 2.38. The summed E-state index contributed by atoms with van der Waals surface area (Å²) in [6, 6.07) is 16.8. The van der Waals surface area contributed by atoms with Gasteiger partial charge in [0.1, 0.15) is 0 Å². The number of carbonyl (C=O) groups excluding carboxylic acids is 1. The van der Waals surface area contributed by atoms with Crippen molar-refractivity contribution in [1.29, 1.82) is 0 Å². The van der Waals surface area contributed by atoms with Gasteiger partial charge in [-0.3, -0.25) is 0 Å². The van der Waals surface area contributed by atoms with Gasteiger partial charge in [-0.25, -0.2) is 4.79 Å². The lowest BCUT2D eigenvalue weighted by atomic mass is 9.98. The summed E-state index contributed by atoms with van der Waals surface area (Å²) in [7, 11) is 0. The molecule has 0 amide bonds. The molecule has 0 unspecified atom stereocenters. The molecule has 0 aliphatic carbocycles. The number of carbonyl (C=O) groups is 1. The first-order valence-electron chi connectivity index (χ1n) is 5.92. The molecule has 3 rings (SSSR count). The van der Waals surface area contributed by atoms with Gasteiger partial charge in [0.15, 0.2) is 12.2 Å². The average molecular weight is 275 g/mol. The van der Waals surface area contributed by atoms with E-state index in [0.717, 1.165) is 11.1 Å². The Morgan fingerprint density at radius 3 is 2.16 bits per heavy atom. The molecule has 0 aromatic heterocycles. The molecule has 4 heteroatoms. The van der Waals surface area contributed by atoms with E-state index < -0.39 is 18.4 Å². The molecule has 96 valence electrons. The maximum atomic E-state index is 11.4. The van der Waals surface area contributed by atoms with Crippen molar-refractivity contribution in [3.63, 3.8) is 0 Å². The molecule has 0 spiro atoms. The lowest BCUT2D eigenvalue weighted by molar-refractivity contribution is 0.116. The number of benzene rings is 2. The molecule has 0 saturated carbocycles. The molecule has 1 saturated heterocycles. The van der Waals surface area contributed by atoms with E-state index in [-0.39, 0.29) is 0 Å². The number of halogens is 1. The highest BCUT2D eigenvalue weighted by molar-refractivity contribution is 6.30. The summed E-state index contributed by atoms with van der Waals surface area (Å²) in [5.74, 6) is 0. The third-order valence-electron chi connectivity index (χ3n) is 3.03. The topological polar surface area (TPSA) is 35.5 Å². The predicted octanol–water partition coefficient (Wildman–Crippen LogP) is 4.29. The molecule has 2 aromatic rings. The third-order valence-corrected chi connectivity index (χ3v) is 3.26. The smallest absolute Gasteiger partial charge is 0.422 e. The second-order valence-electron chi connectivity index (χ2n) is 4.29. The standard InChI is InChI=1S/C15H11ClO3/c16-12-8-4-7-11(9-12)14-13(18-15(17)19-14)10-5-2-1-3-6-10/h1-9,13-14H/t13-,14-/m1/s1. The Morgan fingerprint density at radius 2 is 1.47 bits per heavy atom. The van der Waals surface area contributed by atoms with Crippen LogP contribution in [0.1, 0.15) is 23.3 Å². The van der Waals surface area contributed by atoms with Crippen molar-refractivity contribution in [3.8, 4) is 0 Å². The van der Waals surface area contributed by atoms with Gasteiger partial charge < -0.3 is 9.47 Å². The molecule has 2 aromatic carbocycles. The molecule has 0 bridgehead atoms. The molecule has 0 radical (unpaired) electrons. The Kier molecular flexibility index (Phi) is 3.13. The molecule has 2 atom stereocenters. The zero-order chi connectivity index (χ0) is 13.2. The fraction of sp³-hybridized carbons (Fsp3) is 0.133. The van der Waals surface area contributed by atoms with Crippen molar-refractivity contribution in [3.05, 3.63) is 70.7 Å². The summed E-state index contributed by atoms with van der Waals surface area (Å²) >= 11 is 5.97. The van der Waals surface area contributed by atoms with Gasteiger partial charge in [0.05, 0.1) is 0 Å². The normalized spacial score (nSPS) is 21.8. The van der Waals surface area contributed by atoms with Gasteiger partial charge in [0.25, 0.3) is 0 Å². The summed E-state index contributed by atoms with van der Waals surface area (Å²) in [6.07, 6.45) is -1.56. The first kappa shape index (κ1) is 12.1. The first-order chi connectivity index (χ1) is 9.24. The second kappa shape index (κ2) is 4.94. The highest BCUT2D eigenvalue weighted by atomic mass is 35.5. The van der Waals surface area contributed by atoms with Crippen molar-refractivity contribution in [2.24, 2.45) is 0 Å². The summed E-state index contributed by atoms with van der Waals surface area (Å²) in [5, 5.41) is 0.604. The van der Waals surface area contributed by atoms with Gasteiger partial charge in [0.2, 0.25) is 0 Å². The van der Waals surface area contributed by atoms with Crippen LogP contribution >= 0.6 is 11.6 Å². The second-order valence-corrected chi connectivity index (χ2v) is 4.73. The van der Waals surface area contributed by atoms with Crippen LogP contribution < -0.4 is 0 Å². The Morgan fingerprint density at radius 1 is 0.842 bits per heavy atom. The van der Waals surface area contributed by atoms with E-state index in [1.807, 2.05) is 42.5 Å².